The highest BCUT2D eigenvalue weighted by Crippen LogP contribution is 2.38. The standard InChI is InChI=1S/C47H67N3O29/c1-19(51)48-32(15-66-22(4)54)39(78-45-38(50-21(3)53)43(76-31(13)63)41(74-29(11)61)35(77-45)17-68-24(6)56)40(73-28(10)60)36(72-27(9)59)18-69-47(46(64)65)14-33(70-25(7)57)37(49-20(2)52)44(79-47)42(75-30(12)62)34(71-26(8)58)16-67-23(5)55/h32-45H,14-18H2,1-13H3,(H,48,51)(H,49,52)(H,50,53)(H,64,65)/t32-,33-,34+,35+,36+,37+,38+,39+,40+,41+,42+,43+,44+,45-,47+/m0/s1. The van der Waals surface area contributed by atoms with E-state index in [1.54, 1.807) is 0 Å². The Labute approximate surface area is 451 Å². The smallest absolute Gasteiger partial charge is 0.364 e. The number of ether oxygens (including phenoxy) is 14. The van der Waals surface area contributed by atoms with Crippen LogP contribution in [-0.2, 0) is 133 Å². The van der Waals surface area contributed by atoms with E-state index in [1.165, 1.54) is 0 Å². The van der Waals surface area contributed by atoms with E-state index in [9.17, 15) is 72.2 Å². The van der Waals surface area contributed by atoms with Gasteiger partial charge in [-0.15, -0.1) is 0 Å². The molecule has 0 aromatic heterocycles. The monoisotopic (exact) mass is 1140 g/mol. The van der Waals surface area contributed by atoms with E-state index < -0.39 is 207 Å². The first-order chi connectivity index (χ1) is 36.7. The Balaban J connectivity index is 3.16. The number of amides is 3. The Morgan fingerprint density at radius 3 is 1.48 bits per heavy atom. The molecule has 79 heavy (non-hydrogen) atoms. The molecule has 2 rings (SSSR count). The molecule has 0 saturated carbocycles. The van der Waals surface area contributed by atoms with Gasteiger partial charge >= 0.3 is 65.7 Å². The molecule has 2 aliphatic heterocycles. The zero-order valence-corrected chi connectivity index (χ0v) is 45.5. The van der Waals surface area contributed by atoms with Gasteiger partial charge in [0.2, 0.25) is 17.7 Å². The number of hydrogen-bond acceptors (Lipinski definition) is 28. The SMILES string of the molecule is CC(=O)N[C@H]1[C@H](O[C@@H]([C@H](OC(C)=O)[C@@H](CO[C@]2(C(=O)O)C[C@H](OC(C)=O)[C@@H](NC(C)=O)[C@H]([C@H](OC(C)=O)[C@@H](COC(C)=O)OC(C)=O)O2)OC(C)=O)[C@H](COC(C)=O)NC(C)=O)O[C@H](COC(C)=O)[C@@H](OC(C)=O)[C@@H]1OC(C)=O. The number of esters is 10. The molecule has 3 amide bonds. The molecule has 0 spiro atoms. The Kier molecular flexibility index (Phi) is 26.6. The predicted molar refractivity (Wildman–Crippen MR) is 251 cm³/mol. The fourth-order valence-electron chi connectivity index (χ4n) is 8.22. The molecule has 0 bridgehead atoms. The third-order valence-electron chi connectivity index (χ3n) is 10.7. The molecule has 2 saturated heterocycles. The molecule has 32 heteroatoms. The largest absolute Gasteiger partial charge is 0.477 e. The highest BCUT2D eigenvalue weighted by molar-refractivity contribution is 5.78. The number of carbonyl (C=O) groups excluding carboxylic acids is 13. The minimum Gasteiger partial charge on any atom is -0.477 e. The van der Waals surface area contributed by atoms with Crippen molar-refractivity contribution in [2.45, 2.75) is 188 Å². The minimum absolute atomic E-state index is 0.776. The second-order valence-electron chi connectivity index (χ2n) is 17.7. The van der Waals surface area contributed by atoms with Crippen molar-refractivity contribution in [3.8, 4) is 0 Å². The van der Waals surface area contributed by atoms with Gasteiger partial charge in [0.05, 0.1) is 25.1 Å². The summed E-state index contributed by atoms with van der Waals surface area (Å²) in [6.07, 6.45) is -23.0. The van der Waals surface area contributed by atoms with Crippen LogP contribution in [-0.4, -0.2) is 206 Å². The Morgan fingerprint density at radius 2 is 1.01 bits per heavy atom. The summed E-state index contributed by atoms with van der Waals surface area (Å²) in [6, 6.07) is -5.33. The van der Waals surface area contributed by atoms with Gasteiger partial charge in [-0.1, -0.05) is 0 Å². The molecule has 444 valence electrons. The van der Waals surface area contributed by atoms with E-state index in [4.69, 9.17) is 66.3 Å². The molecule has 2 fully saturated rings. The summed E-state index contributed by atoms with van der Waals surface area (Å²) in [6.45, 7) is 8.15. The molecule has 15 atom stereocenters. The fraction of sp³-hybridized carbons (Fsp3) is 0.702. The molecule has 0 aromatic carbocycles. The summed E-state index contributed by atoms with van der Waals surface area (Å²) in [4.78, 5) is 179. The lowest BCUT2D eigenvalue weighted by Gasteiger charge is -2.48. The van der Waals surface area contributed by atoms with Crippen LogP contribution in [0.1, 0.15) is 96.4 Å². The topological polar surface area (TPSA) is 425 Å². The molecular formula is C47H67N3O29. The molecule has 0 aliphatic carbocycles. The number of hydrogen-bond donors (Lipinski definition) is 4. The van der Waals surface area contributed by atoms with Gasteiger partial charge < -0.3 is 87.4 Å². The molecule has 2 aliphatic rings. The number of carboxylic acid groups (broad SMARTS) is 1. The number of aliphatic carboxylic acids is 1. The van der Waals surface area contributed by atoms with Crippen molar-refractivity contribution in [3.63, 3.8) is 0 Å². The highest BCUT2D eigenvalue weighted by Gasteiger charge is 2.60. The van der Waals surface area contributed by atoms with Crippen LogP contribution in [0.25, 0.3) is 0 Å². The van der Waals surface area contributed by atoms with Gasteiger partial charge in [0.25, 0.3) is 5.79 Å². The van der Waals surface area contributed by atoms with Gasteiger partial charge in [-0.3, -0.25) is 62.3 Å². The maximum atomic E-state index is 13.8. The van der Waals surface area contributed by atoms with Crippen LogP contribution in [0.15, 0.2) is 0 Å². The van der Waals surface area contributed by atoms with Gasteiger partial charge in [0.1, 0.15) is 50.3 Å². The second-order valence-corrected chi connectivity index (χ2v) is 17.7. The van der Waals surface area contributed by atoms with Crippen molar-refractivity contribution in [2.24, 2.45) is 0 Å². The number of carboxylic acids is 1. The lowest BCUT2D eigenvalue weighted by molar-refractivity contribution is -0.322. The Bertz CT molecular complexity index is 2270. The summed E-state index contributed by atoms with van der Waals surface area (Å²) in [5, 5.41) is 18.4. The van der Waals surface area contributed by atoms with Gasteiger partial charge in [-0.25, -0.2) is 4.79 Å². The van der Waals surface area contributed by atoms with Gasteiger partial charge in [0.15, 0.2) is 42.9 Å². The van der Waals surface area contributed by atoms with E-state index in [2.05, 4.69) is 16.0 Å². The quantitative estimate of drug-likeness (QED) is 0.0484. The van der Waals surface area contributed by atoms with Crippen LogP contribution in [0.4, 0.5) is 0 Å². The normalized spacial score (nSPS) is 24.7. The van der Waals surface area contributed by atoms with Gasteiger partial charge in [0, 0.05) is 90.0 Å². The first-order valence-corrected chi connectivity index (χ1v) is 23.9. The molecule has 2 heterocycles. The number of nitrogens with one attached hydrogen (secondary N) is 3. The summed E-state index contributed by atoms with van der Waals surface area (Å²) < 4.78 is 79.0. The van der Waals surface area contributed by atoms with Crippen molar-refractivity contribution < 1.29 is 139 Å². The molecule has 32 nitrogen and oxygen atoms in total. The Morgan fingerprint density at radius 1 is 0.519 bits per heavy atom. The maximum Gasteiger partial charge on any atom is 0.364 e. The zero-order valence-electron chi connectivity index (χ0n) is 45.5. The summed E-state index contributed by atoms with van der Waals surface area (Å²) in [5.41, 5.74) is 0. The van der Waals surface area contributed by atoms with E-state index >= 15 is 0 Å². The van der Waals surface area contributed by atoms with Gasteiger partial charge in [-0.2, -0.15) is 0 Å². The van der Waals surface area contributed by atoms with Crippen LogP contribution in [0.5, 0.6) is 0 Å². The van der Waals surface area contributed by atoms with E-state index in [0.717, 1.165) is 90.0 Å². The predicted octanol–water partition coefficient (Wildman–Crippen LogP) is -2.59. The molecule has 0 unspecified atom stereocenters. The van der Waals surface area contributed by atoms with Crippen LogP contribution >= 0.6 is 0 Å². The van der Waals surface area contributed by atoms with E-state index in [1.807, 2.05) is 0 Å². The summed E-state index contributed by atoms with van der Waals surface area (Å²) >= 11 is 0. The third-order valence-corrected chi connectivity index (χ3v) is 10.7. The van der Waals surface area contributed by atoms with Crippen molar-refractivity contribution in [1.82, 2.24) is 16.0 Å². The van der Waals surface area contributed by atoms with Crippen LogP contribution in [0.3, 0.4) is 0 Å². The number of rotatable bonds is 27. The van der Waals surface area contributed by atoms with Crippen LogP contribution in [0, 0.1) is 0 Å². The average molecular weight is 1140 g/mol. The average Bonchev–Trinajstić information content (AvgIpc) is 3.31. The second kappa shape index (κ2) is 31.1. The minimum atomic E-state index is -3.25. The molecular weight excluding hydrogens is 1070 g/mol. The van der Waals surface area contributed by atoms with Crippen molar-refractivity contribution in [2.75, 3.05) is 26.4 Å². The highest BCUT2D eigenvalue weighted by atomic mass is 16.8. The van der Waals surface area contributed by atoms with Crippen LogP contribution in [0.2, 0.25) is 0 Å². The lowest BCUT2D eigenvalue weighted by Crippen LogP contribution is -2.70. The first-order valence-electron chi connectivity index (χ1n) is 23.9. The van der Waals surface area contributed by atoms with Gasteiger partial charge in [-0.05, 0) is 0 Å². The summed E-state index contributed by atoms with van der Waals surface area (Å²) in [5.74, 6) is -18.6. The van der Waals surface area contributed by atoms with Crippen molar-refractivity contribution in [1.29, 1.82) is 0 Å². The van der Waals surface area contributed by atoms with E-state index in [0.29, 0.717) is 0 Å². The maximum absolute atomic E-state index is 13.8. The zero-order chi connectivity index (χ0) is 60.2. The third kappa shape index (κ3) is 22.4. The first kappa shape index (κ1) is 67.5. The van der Waals surface area contributed by atoms with Crippen LogP contribution < -0.4 is 16.0 Å². The van der Waals surface area contributed by atoms with Crippen molar-refractivity contribution in [3.05, 3.63) is 0 Å². The van der Waals surface area contributed by atoms with Crippen molar-refractivity contribution >= 4 is 83.4 Å². The Hall–Kier alpha value is -7.58. The lowest BCUT2D eigenvalue weighted by atomic mass is 9.88. The van der Waals surface area contributed by atoms with E-state index in [-0.39, 0.29) is 0 Å². The number of carbonyl (C=O) groups is 14. The molecule has 0 radical (unpaired) electrons. The molecule has 0 aromatic rings. The molecule has 4 N–H and O–H groups in total. The fourth-order valence-corrected chi connectivity index (χ4v) is 8.22. The summed E-state index contributed by atoms with van der Waals surface area (Å²) in [7, 11) is 0.